The van der Waals surface area contributed by atoms with E-state index in [0.29, 0.717) is 50.0 Å². The molecule has 0 saturated heterocycles. The van der Waals surface area contributed by atoms with Gasteiger partial charge in [0.25, 0.3) is 0 Å². The first-order valence-corrected chi connectivity index (χ1v) is 25.9. The molecule has 0 aromatic heterocycles. The van der Waals surface area contributed by atoms with Crippen LogP contribution < -0.4 is 0 Å². The monoisotopic (exact) mass is 822 g/mol. The van der Waals surface area contributed by atoms with Crippen LogP contribution in [-0.4, -0.2) is 62.4 Å². The molecule has 0 aliphatic carbocycles. The Bertz CT molecular complexity index is 845. The lowest BCUT2D eigenvalue weighted by atomic mass is 9.92. The third-order valence-electron chi connectivity index (χ3n) is 12.5. The molecule has 0 amide bonds. The molecule has 1 unspecified atom stereocenters. The minimum atomic E-state index is 0.0279. The lowest BCUT2D eigenvalue weighted by Gasteiger charge is -2.21. The molecule has 0 spiro atoms. The Labute approximate surface area is 363 Å². The van der Waals surface area contributed by atoms with Gasteiger partial charge in [0.1, 0.15) is 0 Å². The van der Waals surface area contributed by atoms with E-state index in [1.165, 1.54) is 180 Å². The maximum absolute atomic E-state index is 12.5. The number of esters is 2. The predicted octanol–water partition coefficient (Wildman–Crippen LogP) is 15.8. The van der Waals surface area contributed by atoms with Crippen molar-refractivity contribution >= 4 is 11.9 Å². The van der Waals surface area contributed by atoms with E-state index in [1.54, 1.807) is 0 Å². The van der Waals surface area contributed by atoms with Gasteiger partial charge in [0.05, 0.1) is 19.3 Å². The summed E-state index contributed by atoms with van der Waals surface area (Å²) in [5, 5.41) is 0. The Hall–Kier alpha value is -1.14. The van der Waals surface area contributed by atoms with Crippen LogP contribution >= 0.6 is 0 Å². The first kappa shape index (κ1) is 56.9. The highest BCUT2D eigenvalue weighted by molar-refractivity contribution is 5.70. The third-order valence-corrected chi connectivity index (χ3v) is 12.5. The Kier molecular flexibility index (Phi) is 43.1. The minimum Gasteiger partial charge on any atom is -0.466 e. The molecule has 346 valence electrons. The lowest BCUT2D eigenvalue weighted by molar-refractivity contribution is -0.146. The topological polar surface area (TPSA) is 65.1 Å². The molecule has 0 heterocycles. The molecule has 0 aliphatic rings. The zero-order chi connectivity index (χ0) is 42.7. The summed E-state index contributed by atoms with van der Waals surface area (Å²) in [5.41, 5.74) is 0. The van der Waals surface area contributed by atoms with Crippen LogP contribution in [0.3, 0.4) is 0 Å². The van der Waals surface area contributed by atoms with Crippen molar-refractivity contribution in [2.75, 3.05) is 33.4 Å². The van der Waals surface area contributed by atoms with Gasteiger partial charge in [-0.3, -0.25) is 9.59 Å². The Morgan fingerprint density at radius 2 is 0.741 bits per heavy atom. The second-order valence-corrected chi connectivity index (χ2v) is 18.5. The van der Waals surface area contributed by atoms with Crippen LogP contribution in [0.25, 0.3) is 0 Å². The minimum absolute atomic E-state index is 0.0279. The van der Waals surface area contributed by atoms with Crippen LogP contribution in [0.5, 0.6) is 0 Å². The zero-order valence-electron chi connectivity index (χ0n) is 40.4. The highest BCUT2D eigenvalue weighted by atomic mass is 16.5. The summed E-state index contributed by atoms with van der Waals surface area (Å²) in [5.74, 6) is 1.08. The molecule has 0 radical (unpaired) electrons. The second-order valence-electron chi connectivity index (χ2n) is 18.5. The van der Waals surface area contributed by atoms with Crippen molar-refractivity contribution in [3.8, 4) is 0 Å². The number of ether oxygens (including phenoxy) is 3. The summed E-state index contributed by atoms with van der Waals surface area (Å²) >= 11 is 0. The average Bonchev–Trinajstić information content (AvgIpc) is 3.20. The zero-order valence-corrected chi connectivity index (χ0v) is 40.4. The third kappa shape index (κ3) is 39.0. The van der Waals surface area contributed by atoms with E-state index in [-0.39, 0.29) is 11.9 Å². The molecule has 0 aromatic carbocycles. The van der Waals surface area contributed by atoms with Crippen molar-refractivity contribution < 1.29 is 23.8 Å². The second kappa shape index (κ2) is 43.9. The highest BCUT2D eigenvalue weighted by Gasteiger charge is 2.16. The molecule has 58 heavy (non-hydrogen) atoms. The highest BCUT2D eigenvalue weighted by Crippen LogP contribution is 2.23. The smallest absolute Gasteiger partial charge is 0.306 e. The van der Waals surface area contributed by atoms with Crippen molar-refractivity contribution in [3.05, 3.63) is 0 Å². The van der Waals surface area contributed by atoms with Crippen LogP contribution in [0.2, 0.25) is 0 Å². The summed E-state index contributed by atoms with van der Waals surface area (Å²) in [6.07, 6.45) is 41.7. The molecule has 6 nitrogen and oxygen atoms in total. The van der Waals surface area contributed by atoms with Crippen molar-refractivity contribution in [3.63, 3.8) is 0 Å². The van der Waals surface area contributed by atoms with Gasteiger partial charge in [-0.15, -0.1) is 0 Å². The summed E-state index contributed by atoms with van der Waals surface area (Å²) in [7, 11) is 2.22. The maximum atomic E-state index is 12.5. The van der Waals surface area contributed by atoms with Crippen LogP contribution in [-0.2, 0) is 23.8 Å². The van der Waals surface area contributed by atoms with Crippen LogP contribution in [0, 0.1) is 11.8 Å². The van der Waals surface area contributed by atoms with E-state index in [0.717, 1.165) is 45.3 Å². The Morgan fingerprint density at radius 1 is 0.414 bits per heavy atom. The standard InChI is InChI=1S/C52H103NO5/c1-8-12-25-35-48(36-26-13-9-2)45-51(54)57-43-32-23-19-16-17-21-29-39-50(56-42-34-31-41-53(7)47(5)6)40-30-22-18-20-24-33-44-58-52(55)46-49(37-27-14-10-3)38-28-15-11-4/h47-50H,8-46H2,1-7H3. The molecule has 0 fully saturated rings. The van der Waals surface area contributed by atoms with E-state index in [9.17, 15) is 9.59 Å². The van der Waals surface area contributed by atoms with Gasteiger partial charge in [-0.05, 0) is 103 Å². The van der Waals surface area contributed by atoms with Gasteiger partial charge in [0.15, 0.2) is 0 Å². The van der Waals surface area contributed by atoms with Gasteiger partial charge in [-0.2, -0.15) is 0 Å². The molecular formula is C52H103NO5. The van der Waals surface area contributed by atoms with Crippen molar-refractivity contribution in [1.29, 1.82) is 0 Å². The van der Waals surface area contributed by atoms with Crippen molar-refractivity contribution in [2.24, 2.45) is 11.8 Å². The number of carbonyl (C=O) groups excluding carboxylic acids is 2. The molecule has 0 N–H and O–H groups in total. The molecule has 1 atom stereocenters. The fourth-order valence-corrected chi connectivity index (χ4v) is 8.21. The van der Waals surface area contributed by atoms with Gasteiger partial charge in [-0.25, -0.2) is 0 Å². The Morgan fingerprint density at radius 3 is 1.10 bits per heavy atom. The number of rotatable bonds is 46. The fourth-order valence-electron chi connectivity index (χ4n) is 8.21. The van der Waals surface area contributed by atoms with Crippen LogP contribution in [0.1, 0.15) is 266 Å². The van der Waals surface area contributed by atoms with Crippen LogP contribution in [0.15, 0.2) is 0 Å². The molecular weight excluding hydrogens is 719 g/mol. The quantitative estimate of drug-likeness (QED) is 0.0450. The number of carbonyl (C=O) groups is 2. The SMILES string of the molecule is CCCCCC(CCCCC)CC(=O)OCCCCCCCCCC(CCCCCCCCOC(=O)CC(CCCCC)CCCCC)OCCCCN(C)C(C)C. The Balaban J connectivity index is 4.28. The molecule has 0 bridgehead atoms. The predicted molar refractivity (Wildman–Crippen MR) is 251 cm³/mol. The number of unbranched alkanes of at least 4 members (excludes halogenated alkanes) is 20. The molecule has 0 saturated carbocycles. The van der Waals surface area contributed by atoms with Gasteiger partial charge in [0.2, 0.25) is 0 Å². The summed E-state index contributed by atoms with van der Waals surface area (Å²) in [6, 6.07) is 0.599. The van der Waals surface area contributed by atoms with E-state index < -0.39 is 0 Å². The molecule has 0 aliphatic heterocycles. The van der Waals surface area contributed by atoms with Gasteiger partial charge in [0, 0.05) is 25.5 Å². The van der Waals surface area contributed by atoms with Crippen LogP contribution in [0.4, 0.5) is 0 Å². The molecule has 6 heteroatoms. The van der Waals surface area contributed by atoms with E-state index in [1.807, 2.05) is 0 Å². The van der Waals surface area contributed by atoms with E-state index in [4.69, 9.17) is 14.2 Å². The van der Waals surface area contributed by atoms with Crippen molar-refractivity contribution in [2.45, 2.75) is 278 Å². The van der Waals surface area contributed by atoms with E-state index in [2.05, 4.69) is 53.5 Å². The fraction of sp³-hybridized carbons (Fsp3) is 0.962. The summed E-state index contributed by atoms with van der Waals surface area (Å²) in [6.45, 7) is 16.7. The summed E-state index contributed by atoms with van der Waals surface area (Å²) < 4.78 is 17.8. The maximum Gasteiger partial charge on any atom is 0.306 e. The van der Waals surface area contributed by atoms with E-state index >= 15 is 0 Å². The normalized spacial score (nSPS) is 12.4. The average molecular weight is 822 g/mol. The first-order chi connectivity index (χ1) is 28.3. The molecule has 0 aromatic rings. The summed E-state index contributed by atoms with van der Waals surface area (Å²) in [4.78, 5) is 27.5. The van der Waals surface area contributed by atoms with Crippen molar-refractivity contribution in [1.82, 2.24) is 4.90 Å². The largest absolute Gasteiger partial charge is 0.466 e. The first-order valence-electron chi connectivity index (χ1n) is 25.9. The number of hydrogen-bond acceptors (Lipinski definition) is 6. The number of nitrogens with zero attached hydrogens (tertiary/aromatic N) is 1. The number of hydrogen-bond donors (Lipinski definition) is 0. The van der Waals surface area contributed by atoms with Gasteiger partial charge < -0.3 is 19.1 Å². The van der Waals surface area contributed by atoms with Gasteiger partial charge in [-0.1, -0.05) is 175 Å². The lowest BCUT2D eigenvalue weighted by Crippen LogP contribution is -2.27. The molecule has 0 rings (SSSR count). The van der Waals surface area contributed by atoms with Gasteiger partial charge >= 0.3 is 11.9 Å².